The smallest absolute Gasteiger partial charge is 0.364 e. The van der Waals surface area contributed by atoms with Crippen LogP contribution >= 0.6 is 0 Å². The van der Waals surface area contributed by atoms with Crippen molar-refractivity contribution in [3.63, 3.8) is 0 Å². The fraction of sp³-hybridized carbons (Fsp3) is 0.222. The predicted octanol–water partition coefficient (Wildman–Crippen LogP) is 2.72. The van der Waals surface area contributed by atoms with Crippen LogP contribution in [0.3, 0.4) is 0 Å². The third-order valence-corrected chi connectivity index (χ3v) is 6.91. The van der Waals surface area contributed by atoms with E-state index >= 15 is 0 Å². The van der Waals surface area contributed by atoms with E-state index in [1.165, 1.54) is 12.7 Å². The molecule has 0 saturated carbocycles. The highest BCUT2D eigenvalue weighted by Crippen LogP contribution is 2.34. The third-order valence-electron chi connectivity index (χ3n) is 6.91. The molecule has 3 aromatic carbocycles. The monoisotopic (exact) mass is 468 g/mol. The molecule has 35 heavy (non-hydrogen) atoms. The van der Waals surface area contributed by atoms with Gasteiger partial charge in [0.15, 0.2) is 12.1 Å². The number of aromatic nitrogens is 4. The normalized spacial score (nSPS) is 17.4. The van der Waals surface area contributed by atoms with Crippen molar-refractivity contribution in [2.45, 2.75) is 25.0 Å². The zero-order valence-corrected chi connectivity index (χ0v) is 19.6. The summed E-state index contributed by atoms with van der Waals surface area (Å²) in [6.45, 7) is 0.518. The Labute approximate surface area is 201 Å². The maximum absolute atomic E-state index is 12.6. The molecular weight excluding hydrogens is 442 g/mol. The standard InChI is InChI=1S/C27H25N5O3/c1-34-24-12-11-16(13-17(24)15-32-23-10-6-5-9-21(23)30-31-32)25-26-19(14-22(29-25)27(33)35-2)18-7-3-4-8-20(18)28-26/h3-13,22,25,28-29H,14-15H2,1-2H3/p+1/t22-,25-/m0/s1. The average Bonchev–Trinajstić information content (AvgIpc) is 3.49. The molecule has 0 fully saturated rings. The number of benzene rings is 3. The molecule has 5 aromatic rings. The van der Waals surface area contributed by atoms with E-state index in [1.54, 1.807) is 7.11 Å². The van der Waals surface area contributed by atoms with Gasteiger partial charge in [0.25, 0.3) is 0 Å². The molecule has 2 aromatic heterocycles. The van der Waals surface area contributed by atoms with Crippen LogP contribution in [-0.2, 0) is 22.5 Å². The molecular formula is C27H26N5O3+. The summed E-state index contributed by atoms with van der Waals surface area (Å²) in [7, 11) is 3.12. The van der Waals surface area contributed by atoms with Gasteiger partial charge in [-0.2, -0.15) is 0 Å². The summed E-state index contributed by atoms with van der Waals surface area (Å²) in [6, 6.07) is 21.9. The van der Waals surface area contributed by atoms with Gasteiger partial charge in [-0.3, -0.25) is 0 Å². The first-order valence-corrected chi connectivity index (χ1v) is 11.6. The SMILES string of the molecule is COC(=O)[C@@H]1Cc2c([nH]c3ccccc23)[C@H](c2ccc(OC)c(Cn3nnc4ccccc43)c2)[NH2+]1. The lowest BCUT2D eigenvalue weighted by atomic mass is 9.89. The van der Waals surface area contributed by atoms with Crippen molar-refractivity contribution in [3.05, 3.63) is 89.1 Å². The van der Waals surface area contributed by atoms with Crippen LogP contribution in [0.5, 0.6) is 5.75 Å². The number of para-hydroxylation sites is 2. The quantitative estimate of drug-likeness (QED) is 0.387. The number of hydrogen-bond acceptors (Lipinski definition) is 5. The van der Waals surface area contributed by atoms with E-state index in [4.69, 9.17) is 9.47 Å². The fourth-order valence-corrected chi connectivity index (χ4v) is 5.22. The van der Waals surface area contributed by atoms with Crippen molar-refractivity contribution >= 4 is 27.9 Å². The lowest BCUT2D eigenvalue weighted by Gasteiger charge is -2.27. The number of aromatic amines is 1. The first-order chi connectivity index (χ1) is 17.2. The van der Waals surface area contributed by atoms with E-state index in [0.717, 1.165) is 44.5 Å². The zero-order valence-electron chi connectivity index (χ0n) is 19.6. The van der Waals surface area contributed by atoms with Crippen molar-refractivity contribution in [1.29, 1.82) is 0 Å². The predicted molar refractivity (Wildman–Crippen MR) is 131 cm³/mol. The molecule has 2 atom stereocenters. The maximum Gasteiger partial charge on any atom is 0.364 e. The van der Waals surface area contributed by atoms with Gasteiger partial charge in [0, 0.05) is 28.5 Å². The van der Waals surface area contributed by atoms with E-state index in [-0.39, 0.29) is 18.1 Å². The van der Waals surface area contributed by atoms with Gasteiger partial charge in [-0.25, -0.2) is 9.48 Å². The summed E-state index contributed by atoms with van der Waals surface area (Å²) in [5.74, 6) is 0.569. The van der Waals surface area contributed by atoms with Crippen LogP contribution in [0.2, 0.25) is 0 Å². The minimum Gasteiger partial charge on any atom is -0.496 e. The molecule has 6 rings (SSSR count). The minimum absolute atomic E-state index is 0.0904. The number of carbonyl (C=O) groups excluding carboxylic acids is 1. The number of fused-ring (bicyclic) bond motifs is 4. The second kappa shape index (κ2) is 8.56. The molecule has 176 valence electrons. The summed E-state index contributed by atoms with van der Waals surface area (Å²) in [5, 5.41) is 11.9. The van der Waals surface area contributed by atoms with E-state index in [1.807, 2.05) is 47.1 Å². The molecule has 0 spiro atoms. The molecule has 0 saturated heterocycles. The van der Waals surface area contributed by atoms with Gasteiger partial charge < -0.3 is 19.8 Å². The van der Waals surface area contributed by atoms with Crippen LogP contribution in [-0.4, -0.2) is 46.2 Å². The first-order valence-electron chi connectivity index (χ1n) is 11.6. The van der Waals surface area contributed by atoms with Gasteiger partial charge in [-0.05, 0) is 42.0 Å². The lowest BCUT2D eigenvalue weighted by molar-refractivity contribution is -0.712. The molecule has 3 N–H and O–H groups in total. The number of methoxy groups -OCH3 is 2. The van der Waals surface area contributed by atoms with Crippen molar-refractivity contribution in [3.8, 4) is 5.75 Å². The number of nitrogens with zero attached hydrogens (tertiary/aromatic N) is 3. The van der Waals surface area contributed by atoms with Gasteiger partial charge >= 0.3 is 5.97 Å². The molecule has 0 aliphatic carbocycles. The molecule has 1 aliphatic rings. The van der Waals surface area contributed by atoms with E-state index in [9.17, 15) is 4.79 Å². The molecule has 1 aliphatic heterocycles. The Morgan fingerprint density at radius 1 is 1.11 bits per heavy atom. The number of ether oxygens (including phenoxy) is 2. The number of H-pyrrole nitrogens is 1. The molecule has 0 radical (unpaired) electrons. The average molecular weight is 469 g/mol. The number of quaternary nitrogens is 1. The Morgan fingerprint density at radius 3 is 2.80 bits per heavy atom. The van der Waals surface area contributed by atoms with Gasteiger partial charge in [0.1, 0.15) is 11.3 Å². The number of nitrogens with two attached hydrogens (primary N) is 1. The second-order valence-corrected chi connectivity index (χ2v) is 8.87. The Balaban J connectivity index is 1.44. The topological polar surface area (TPSA) is 98.6 Å². The highest BCUT2D eigenvalue weighted by molar-refractivity contribution is 5.86. The zero-order chi connectivity index (χ0) is 23.9. The summed E-state index contributed by atoms with van der Waals surface area (Å²) in [6.07, 6.45) is 0.622. The largest absolute Gasteiger partial charge is 0.496 e. The van der Waals surface area contributed by atoms with Crippen LogP contribution in [0.4, 0.5) is 0 Å². The molecule has 0 bridgehead atoms. The van der Waals surface area contributed by atoms with Gasteiger partial charge in [0.05, 0.1) is 32.0 Å². The highest BCUT2D eigenvalue weighted by atomic mass is 16.5. The summed E-state index contributed by atoms with van der Waals surface area (Å²) in [5.41, 5.74) is 7.25. The summed E-state index contributed by atoms with van der Waals surface area (Å²) < 4.78 is 12.7. The van der Waals surface area contributed by atoms with E-state index < -0.39 is 0 Å². The summed E-state index contributed by atoms with van der Waals surface area (Å²) >= 11 is 0. The Kier molecular flexibility index (Phi) is 5.22. The first kappa shape index (κ1) is 21.4. The molecule has 8 heteroatoms. The van der Waals surface area contributed by atoms with Crippen molar-refractivity contribution in [2.24, 2.45) is 0 Å². The van der Waals surface area contributed by atoms with Crippen LogP contribution in [0.15, 0.2) is 66.7 Å². The Hall–Kier alpha value is -4.17. The van der Waals surface area contributed by atoms with E-state index in [2.05, 4.69) is 44.9 Å². The Bertz CT molecular complexity index is 1550. The van der Waals surface area contributed by atoms with Crippen molar-refractivity contribution < 1.29 is 19.6 Å². The third kappa shape index (κ3) is 3.63. The molecule has 8 nitrogen and oxygen atoms in total. The van der Waals surface area contributed by atoms with Crippen LogP contribution in [0.1, 0.15) is 28.4 Å². The van der Waals surface area contributed by atoms with Crippen LogP contribution in [0, 0.1) is 0 Å². The maximum atomic E-state index is 12.6. The van der Waals surface area contributed by atoms with Crippen molar-refractivity contribution in [2.75, 3.05) is 14.2 Å². The van der Waals surface area contributed by atoms with Crippen LogP contribution in [0.25, 0.3) is 21.9 Å². The second-order valence-electron chi connectivity index (χ2n) is 8.87. The van der Waals surface area contributed by atoms with Gasteiger partial charge in [-0.15, -0.1) is 5.10 Å². The summed E-state index contributed by atoms with van der Waals surface area (Å²) in [4.78, 5) is 16.2. The molecule has 3 heterocycles. The Morgan fingerprint density at radius 2 is 1.94 bits per heavy atom. The molecule has 0 amide bonds. The lowest BCUT2D eigenvalue weighted by Crippen LogP contribution is -2.94. The van der Waals surface area contributed by atoms with Crippen LogP contribution < -0.4 is 10.1 Å². The minimum atomic E-state index is -0.318. The van der Waals surface area contributed by atoms with Gasteiger partial charge in [-0.1, -0.05) is 35.5 Å². The number of hydrogen-bond donors (Lipinski definition) is 2. The van der Waals surface area contributed by atoms with Gasteiger partial charge in [0.2, 0.25) is 0 Å². The fourth-order valence-electron chi connectivity index (χ4n) is 5.22. The number of esters is 1. The number of rotatable bonds is 5. The number of carbonyl (C=O) groups is 1. The number of nitrogens with one attached hydrogen (secondary N) is 1. The molecule has 0 unspecified atom stereocenters. The highest BCUT2D eigenvalue weighted by Gasteiger charge is 2.38. The van der Waals surface area contributed by atoms with E-state index in [0.29, 0.717) is 13.0 Å². The van der Waals surface area contributed by atoms with Crippen molar-refractivity contribution in [1.82, 2.24) is 20.0 Å².